The molecule has 2 aromatic carbocycles. The quantitative estimate of drug-likeness (QED) is 0.395. The number of benzene rings is 2. The average Bonchev–Trinajstić information content (AvgIpc) is 2.51. The molecule has 0 saturated heterocycles. The Balaban J connectivity index is 1.69. The van der Waals surface area contributed by atoms with E-state index < -0.39 is 0 Å². The van der Waals surface area contributed by atoms with Crippen molar-refractivity contribution in [1.82, 2.24) is 5.32 Å². The molecule has 0 aliphatic heterocycles. The minimum Gasteiger partial charge on any atom is -0.362 e. The third-order valence-corrected chi connectivity index (χ3v) is 5.32. The van der Waals surface area contributed by atoms with Gasteiger partial charge < -0.3 is 10.6 Å². The Kier molecular flexibility index (Phi) is 8.10. The molecule has 0 amide bonds. The van der Waals surface area contributed by atoms with Gasteiger partial charge in [0.05, 0.1) is 5.69 Å². The van der Waals surface area contributed by atoms with E-state index in [1.165, 1.54) is 6.07 Å². The number of hydrogen-bond donors (Lipinski definition) is 2. The van der Waals surface area contributed by atoms with Crippen LogP contribution in [-0.2, 0) is 5.75 Å². The summed E-state index contributed by atoms with van der Waals surface area (Å²) in [7, 11) is 0. The summed E-state index contributed by atoms with van der Waals surface area (Å²) in [4.78, 5) is 0. The van der Waals surface area contributed by atoms with Crippen molar-refractivity contribution in [2.24, 2.45) is 0 Å². The highest BCUT2D eigenvalue weighted by molar-refractivity contribution is 9.10. The fraction of sp³-hybridized carbons (Fsp3) is 0.188. The van der Waals surface area contributed by atoms with Crippen LogP contribution in [0.1, 0.15) is 5.56 Å². The van der Waals surface area contributed by atoms with E-state index in [1.54, 1.807) is 30.0 Å². The second-order valence-electron chi connectivity index (χ2n) is 4.79. The highest BCUT2D eigenvalue weighted by atomic mass is 79.9. The van der Waals surface area contributed by atoms with E-state index in [0.29, 0.717) is 31.9 Å². The lowest BCUT2D eigenvalue weighted by atomic mass is 10.2. The molecule has 2 N–H and O–H groups in total. The topological polar surface area (TPSA) is 24.1 Å². The monoisotopic (exact) mass is 466 g/mol. The molecule has 0 fully saturated rings. The first-order chi connectivity index (χ1) is 11.5. The van der Waals surface area contributed by atoms with E-state index >= 15 is 0 Å². The number of nitrogens with one attached hydrogen (secondary N) is 2. The third kappa shape index (κ3) is 6.41. The van der Waals surface area contributed by atoms with Gasteiger partial charge in [-0.3, -0.25) is 0 Å². The summed E-state index contributed by atoms with van der Waals surface area (Å²) in [5, 5.41) is 7.58. The molecule has 2 nitrogen and oxygen atoms in total. The van der Waals surface area contributed by atoms with Crippen LogP contribution >= 0.6 is 63.1 Å². The molecule has 128 valence electrons. The van der Waals surface area contributed by atoms with Crippen LogP contribution in [0.25, 0.3) is 0 Å². The van der Waals surface area contributed by atoms with Gasteiger partial charge in [-0.2, -0.15) is 11.8 Å². The maximum atomic E-state index is 13.7. The van der Waals surface area contributed by atoms with Crippen LogP contribution in [-0.4, -0.2) is 17.4 Å². The second-order valence-corrected chi connectivity index (χ2v) is 8.07. The summed E-state index contributed by atoms with van der Waals surface area (Å²) in [5.74, 6) is 1.27. The van der Waals surface area contributed by atoms with Crippen LogP contribution in [0.5, 0.6) is 0 Å². The minimum atomic E-state index is -0.361. The molecule has 0 bridgehead atoms. The molecule has 8 heteroatoms. The molecular weight excluding hydrogens is 454 g/mol. The Morgan fingerprint density at radius 2 is 2.00 bits per heavy atom. The van der Waals surface area contributed by atoms with Gasteiger partial charge in [0.1, 0.15) is 5.82 Å². The van der Waals surface area contributed by atoms with Crippen LogP contribution in [0, 0.1) is 5.82 Å². The highest BCUT2D eigenvalue weighted by Crippen LogP contribution is 2.24. The van der Waals surface area contributed by atoms with Gasteiger partial charge in [0.25, 0.3) is 0 Å². The van der Waals surface area contributed by atoms with Gasteiger partial charge in [-0.25, -0.2) is 4.39 Å². The van der Waals surface area contributed by atoms with Crippen molar-refractivity contribution in [1.29, 1.82) is 0 Å². The molecule has 0 atom stereocenters. The first-order valence-corrected chi connectivity index (χ1v) is 10.1. The van der Waals surface area contributed by atoms with Gasteiger partial charge in [0.15, 0.2) is 5.11 Å². The predicted molar refractivity (Wildman–Crippen MR) is 111 cm³/mol. The normalized spacial score (nSPS) is 10.5. The summed E-state index contributed by atoms with van der Waals surface area (Å²) in [6.07, 6.45) is 0. The molecule has 0 radical (unpaired) electrons. The van der Waals surface area contributed by atoms with Crippen molar-refractivity contribution in [2.45, 2.75) is 5.75 Å². The predicted octanol–water partition coefficient (Wildman–Crippen LogP) is 6.11. The van der Waals surface area contributed by atoms with E-state index in [9.17, 15) is 4.39 Å². The number of halogens is 4. The van der Waals surface area contributed by atoms with Crippen molar-refractivity contribution in [3.05, 3.63) is 62.3 Å². The second kappa shape index (κ2) is 9.82. The number of hydrogen-bond acceptors (Lipinski definition) is 2. The molecule has 2 aromatic rings. The lowest BCUT2D eigenvalue weighted by Crippen LogP contribution is -2.30. The Morgan fingerprint density at radius 1 is 1.21 bits per heavy atom. The standard InChI is InChI=1S/C16H14BrCl2FN2S2/c17-11-2-4-15(14(20)7-11)22-16(23)21-5-6-24-9-10-1-3-12(18)8-13(10)19/h1-4,7-8H,5-6,9H2,(H2,21,22,23). The van der Waals surface area contributed by atoms with E-state index in [1.807, 2.05) is 12.1 Å². The summed E-state index contributed by atoms with van der Waals surface area (Å²) in [5.41, 5.74) is 1.39. The van der Waals surface area contributed by atoms with Crippen LogP contribution in [0.4, 0.5) is 10.1 Å². The van der Waals surface area contributed by atoms with Crippen LogP contribution in [0.2, 0.25) is 10.0 Å². The Bertz CT molecular complexity index is 731. The van der Waals surface area contributed by atoms with Crippen molar-refractivity contribution in [2.75, 3.05) is 17.6 Å². The van der Waals surface area contributed by atoms with Crippen molar-refractivity contribution in [3.63, 3.8) is 0 Å². The summed E-state index contributed by atoms with van der Waals surface area (Å²) < 4.78 is 14.4. The summed E-state index contributed by atoms with van der Waals surface area (Å²) in [6.45, 7) is 0.667. The van der Waals surface area contributed by atoms with Gasteiger partial charge in [0, 0.05) is 32.6 Å². The van der Waals surface area contributed by atoms with E-state index in [4.69, 9.17) is 35.4 Å². The van der Waals surface area contributed by atoms with E-state index in [2.05, 4.69) is 26.6 Å². The average molecular weight is 468 g/mol. The summed E-state index contributed by atoms with van der Waals surface area (Å²) >= 11 is 22.1. The van der Waals surface area contributed by atoms with Crippen molar-refractivity contribution in [3.8, 4) is 0 Å². The largest absolute Gasteiger partial charge is 0.362 e. The SMILES string of the molecule is Fc1cc(Br)ccc1NC(=S)NCCSCc1ccc(Cl)cc1Cl. The highest BCUT2D eigenvalue weighted by Gasteiger charge is 2.05. The van der Waals surface area contributed by atoms with Gasteiger partial charge in [-0.15, -0.1) is 0 Å². The van der Waals surface area contributed by atoms with Crippen molar-refractivity contribution >= 4 is 73.9 Å². The molecule has 0 heterocycles. The van der Waals surface area contributed by atoms with Crippen LogP contribution in [0.15, 0.2) is 40.9 Å². The van der Waals surface area contributed by atoms with Gasteiger partial charge in [-0.1, -0.05) is 45.2 Å². The Labute approximate surface area is 168 Å². The molecule has 0 aliphatic carbocycles. The smallest absolute Gasteiger partial charge is 0.170 e. The van der Waals surface area contributed by atoms with Crippen molar-refractivity contribution < 1.29 is 4.39 Å². The van der Waals surface area contributed by atoms with Gasteiger partial charge in [-0.05, 0) is 48.1 Å². The number of anilines is 1. The molecule has 0 aromatic heterocycles. The van der Waals surface area contributed by atoms with E-state index in [-0.39, 0.29) is 5.82 Å². The lowest BCUT2D eigenvalue weighted by molar-refractivity contribution is 0.631. The van der Waals surface area contributed by atoms with Gasteiger partial charge in [0.2, 0.25) is 0 Å². The molecule has 0 spiro atoms. The number of thioether (sulfide) groups is 1. The maximum absolute atomic E-state index is 13.7. The fourth-order valence-corrected chi connectivity index (χ4v) is 3.78. The van der Waals surface area contributed by atoms with Crippen LogP contribution < -0.4 is 10.6 Å². The lowest BCUT2D eigenvalue weighted by Gasteiger charge is -2.11. The zero-order chi connectivity index (χ0) is 17.5. The van der Waals surface area contributed by atoms with Crippen LogP contribution in [0.3, 0.4) is 0 Å². The Hall–Kier alpha value is -0.530. The number of rotatable bonds is 6. The molecule has 2 rings (SSSR count). The number of thiocarbonyl (C=S) groups is 1. The summed E-state index contributed by atoms with van der Waals surface area (Å²) in [6, 6.07) is 10.3. The van der Waals surface area contributed by atoms with E-state index in [0.717, 1.165) is 17.1 Å². The zero-order valence-corrected chi connectivity index (χ0v) is 17.1. The first kappa shape index (κ1) is 19.8. The first-order valence-electron chi connectivity index (χ1n) is 6.97. The maximum Gasteiger partial charge on any atom is 0.170 e. The zero-order valence-electron chi connectivity index (χ0n) is 12.4. The minimum absolute atomic E-state index is 0.344. The molecule has 24 heavy (non-hydrogen) atoms. The Morgan fingerprint density at radius 3 is 2.71 bits per heavy atom. The molecule has 0 saturated carbocycles. The third-order valence-electron chi connectivity index (χ3n) is 2.98. The molecule has 0 unspecified atom stereocenters. The van der Waals surface area contributed by atoms with Gasteiger partial charge >= 0.3 is 0 Å². The fourth-order valence-electron chi connectivity index (χ4n) is 1.81. The molecule has 0 aliphatic rings. The molecular formula is C16H14BrCl2FN2S2.